The van der Waals surface area contributed by atoms with Crippen molar-refractivity contribution in [2.75, 3.05) is 27.9 Å². The van der Waals surface area contributed by atoms with Crippen LogP contribution in [0.2, 0.25) is 0 Å². The number of ether oxygens (including phenoxy) is 5. The number of cyclic esters (lactones) is 1. The van der Waals surface area contributed by atoms with Crippen molar-refractivity contribution in [2.24, 2.45) is 59.2 Å². The number of allylic oxidation sites excluding steroid dienone is 6. The number of amides is 3. The second-order valence-electron chi connectivity index (χ2n) is 26.1. The van der Waals surface area contributed by atoms with E-state index < -0.39 is 90.0 Å². The molecule has 2 bridgehead atoms. The molecule has 4 heterocycles. The molecule has 5 N–H and O–H groups in total. The normalized spacial score (nSPS) is 38.9. The Morgan fingerprint density at radius 2 is 1.41 bits per heavy atom. The highest BCUT2D eigenvalue weighted by Crippen LogP contribution is 2.39. The maximum Gasteiger partial charge on any atom is 0.329 e. The first-order valence-corrected chi connectivity index (χ1v) is 31.3. The van der Waals surface area contributed by atoms with Crippen LogP contribution in [0.1, 0.15) is 171 Å². The average Bonchev–Trinajstić information content (AvgIpc) is 3.65. The number of nitrogens with one attached hydrogen (secondary N) is 1. The van der Waals surface area contributed by atoms with Crippen molar-refractivity contribution in [3.05, 3.63) is 47.6 Å². The van der Waals surface area contributed by atoms with Crippen LogP contribution >= 0.6 is 0 Å². The van der Waals surface area contributed by atoms with E-state index in [2.05, 4.69) is 12.2 Å². The second kappa shape index (κ2) is 33.1. The third kappa shape index (κ3) is 19.7. The Labute approximate surface area is 504 Å². The van der Waals surface area contributed by atoms with Crippen LogP contribution in [0.3, 0.4) is 0 Å². The van der Waals surface area contributed by atoms with Gasteiger partial charge in [0.1, 0.15) is 35.9 Å². The third-order valence-electron chi connectivity index (χ3n) is 19.0. The molecule has 5 fully saturated rings. The first kappa shape index (κ1) is 71.2. The number of hydrogen-bond donors (Lipinski definition) is 5. The number of carbonyl (C=O) groups excluding carboxylic acids is 8. The van der Waals surface area contributed by atoms with Crippen molar-refractivity contribution in [2.45, 2.75) is 232 Å². The van der Waals surface area contributed by atoms with Gasteiger partial charge in [0.25, 0.3) is 11.7 Å². The molecule has 0 radical (unpaired) electrons. The van der Waals surface area contributed by atoms with Gasteiger partial charge in [-0.05, 0) is 138 Å². The summed E-state index contributed by atoms with van der Waals surface area (Å²) in [5, 5.41) is 46.4. The number of ketones is 4. The fourth-order valence-corrected chi connectivity index (χ4v) is 13.7. The lowest BCUT2D eigenvalue weighted by Gasteiger charge is -2.42. The number of nitrogens with zero attached hydrogens (tertiary/aromatic N) is 1. The molecule has 6 rings (SSSR count). The third-order valence-corrected chi connectivity index (χ3v) is 19.0. The number of hydrogen-bond acceptors (Lipinski definition) is 17. The van der Waals surface area contributed by atoms with Gasteiger partial charge in [-0.15, -0.1) is 0 Å². The lowest BCUT2D eigenvalue weighted by atomic mass is 9.71. The number of methoxy groups -OCH3 is 3. The number of carbonyl (C=O) groups is 8. The van der Waals surface area contributed by atoms with Gasteiger partial charge in [0.15, 0.2) is 5.78 Å². The van der Waals surface area contributed by atoms with Gasteiger partial charge in [-0.25, -0.2) is 4.79 Å². The van der Waals surface area contributed by atoms with Gasteiger partial charge in [0, 0.05) is 83.1 Å². The summed E-state index contributed by atoms with van der Waals surface area (Å²) in [5.41, 5.74) is 1.27. The van der Waals surface area contributed by atoms with Crippen LogP contribution in [0.4, 0.5) is 0 Å². The van der Waals surface area contributed by atoms with Crippen molar-refractivity contribution in [1.29, 1.82) is 0 Å². The topological polar surface area (TPSA) is 279 Å². The molecule has 85 heavy (non-hydrogen) atoms. The molecular formula is C66H102N2O17. The number of aliphatic hydroxyl groups excluding tert-OH is 3. The van der Waals surface area contributed by atoms with Gasteiger partial charge < -0.3 is 49.0 Å². The predicted octanol–water partition coefficient (Wildman–Crippen LogP) is 7.22. The van der Waals surface area contributed by atoms with Crippen molar-refractivity contribution in [3.63, 3.8) is 0 Å². The first-order chi connectivity index (χ1) is 40.1. The fourth-order valence-electron chi connectivity index (χ4n) is 13.7. The Kier molecular flexibility index (Phi) is 27.7. The highest BCUT2D eigenvalue weighted by molar-refractivity contribution is 6.39. The molecule has 19 heteroatoms. The average molecular weight is 1200 g/mol. The Bertz CT molecular complexity index is 2420. The van der Waals surface area contributed by atoms with Crippen LogP contribution in [0.5, 0.6) is 0 Å². The number of Topliss-reactive ketones (excluding diaryl/α,β-unsaturated/α-hetero) is 4. The summed E-state index contributed by atoms with van der Waals surface area (Å²) in [6.07, 6.45) is 12.9. The summed E-state index contributed by atoms with van der Waals surface area (Å²) in [4.78, 5) is 107. The monoisotopic (exact) mass is 1190 g/mol. The molecule has 3 amide bonds. The molecule has 0 spiro atoms. The Hall–Kier alpha value is -4.60. The molecular weight excluding hydrogens is 1090 g/mol. The van der Waals surface area contributed by atoms with Crippen molar-refractivity contribution >= 4 is 46.8 Å². The molecule has 4 aliphatic heterocycles. The number of aliphatic hydroxyl groups is 4. The minimum atomic E-state index is -2.43. The van der Waals surface area contributed by atoms with Crippen LogP contribution in [0, 0.1) is 59.2 Å². The van der Waals surface area contributed by atoms with E-state index in [1.54, 1.807) is 41.1 Å². The Balaban J connectivity index is 0.000000552. The molecule has 0 aromatic rings. The summed E-state index contributed by atoms with van der Waals surface area (Å²) in [6, 6.07) is -1.14. The number of fused-ring (bicyclic) bond motifs is 3. The van der Waals surface area contributed by atoms with Crippen molar-refractivity contribution in [1.82, 2.24) is 10.2 Å². The maximum absolute atomic E-state index is 14.4. The maximum atomic E-state index is 14.4. The number of piperidine rings is 2. The molecule has 19 nitrogen and oxygen atoms in total. The fraction of sp³-hybridized carbons (Fsp3) is 0.758. The zero-order chi connectivity index (χ0) is 63.0. The van der Waals surface area contributed by atoms with Gasteiger partial charge in [0.05, 0.1) is 30.5 Å². The lowest BCUT2D eigenvalue weighted by molar-refractivity contribution is -0.265. The van der Waals surface area contributed by atoms with Crippen molar-refractivity contribution in [3.8, 4) is 0 Å². The number of rotatable bonds is 9. The summed E-state index contributed by atoms with van der Waals surface area (Å²) in [7, 11) is 4.52. The van der Waals surface area contributed by atoms with E-state index in [4.69, 9.17) is 23.7 Å². The first-order valence-electron chi connectivity index (χ1n) is 31.3. The van der Waals surface area contributed by atoms with Gasteiger partial charge in [-0.2, -0.15) is 0 Å². The molecule has 6 aliphatic rings. The quantitative estimate of drug-likeness (QED) is 0.0659. The predicted molar refractivity (Wildman–Crippen MR) is 318 cm³/mol. The summed E-state index contributed by atoms with van der Waals surface area (Å²) < 4.78 is 29.4. The molecule has 0 unspecified atom stereocenters. The second-order valence-corrected chi connectivity index (χ2v) is 26.1. The molecule has 2 aliphatic carbocycles. The largest absolute Gasteiger partial charge is 0.460 e. The number of imide groups is 1. The summed E-state index contributed by atoms with van der Waals surface area (Å²) in [6.45, 7) is 16.7. The van der Waals surface area contributed by atoms with Crippen LogP contribution in [-0.2, 0) is 62.0 Å². The standard InChI is InChI=1S/C51H79NO13.C15H23NO4/c1-30-16-12-11-13-17-31(2)42(61-8)28-38-21-19-36(7)51(60,65-38)48(57)49(58)52-23-15-14-18-39(52)50(59)64-43(33(4)26-37-20-22-40(53)44(27-37)62-9)29-41(54)32(3)25-35(6)46(56)47(63-10)45(55)34(5)24-30;1-8-3-9(2)15(20)11(4-8)12(17)5-10-6-13(18)16-14(19)7-10/h11-13,16-17,25,30,32-34,36-40,42-44,46-47,53,56,60H,14-15,18-24,26-29H2,1-10H3;8-12,17H,3-7H2,1-2H3,(H,16,18,19)/b13-11+,16-12+,31-17+,35-25+;/t30-,32-,33-,34-,36-,37+,38+,39+,40-,42+,43+,44-,46-,47+,51-;8-,9-,11-,12+/m10/s1. The van der Waals surface area contributed by atoms with E-state index in [0.29, 0.717) is 82.1 Å². The van der Waals surface area contributed by atoms with E-state index in [9.17, 15) is 58.8 Å². The van der Waals surface area contributed by atoms with E-state index >= 15 is 0 Å². The minimum Gasteiger partial charge on any atom is -0.460 e. The van der Waals surface area contributed by atoms with E-state index in [1.807, 2.05) is 65.0 Å². The highest BCUT2D eigenvalue weighted by atomic mass is 16.6. The number of esters is 1. The molecule has 3 saturated heterocycles. The van der Waals surface area contributed by atoms with Gasteiger partial charge in [-0.3, -0.25) is 38.9 Å². The van der Waals surface area contributed by atoms with Gasteiger partial charge >= 0.3 is 5.97 Å². The van der Waals surface area contributed by atoms with Crippen LogP contribution < -0.4 is 5.32 Å². The summed E-state index contributed by atoms with van der Waals surface area (Å²) >= 11 is 0. The molecule has 19 atom stereocenters. The summed E-state index contributed by atoms with van der Waals surface area (Å²) in [5.74, 6) is -8.46. The zero-order valence-corrected chi connectivity index (χ0v) is 52.7. The smallest absolute Gasteiger partial charge is 0.329 e. The SMILES string of the molecule is CO[C@H]1C[C@@H]2CC[C@@H](C)[C@@](O)(O2)C(=O)C(=O)N2CCCC[C@H]2C(=O)O[C@H]([C@H](C)C[C@@H]2CC[C@@H](O)[C@H](OC)C2)CC(=O)[C@H](C)/C=C(\C)[C@@H](O)[C@@H](OC)C(=O)[C@H](C)C[C@H](C)/C=C/C=C/C=C/1C.C[C@@H]1C[C@@H]([C@H](O)CC2CC(=O)NC(=O)C2)C(=O)[C@@H](C)C1. The van der Waals surface area contributed by atoms with E-state index in [-0.39, 0.29) is 103 Å². The van der Waals surface area contributed by atoms with Gasteiger partial charge in [-0.1, -0.05) is 84.9 Å². The lowest BCUT2D eigenvalue weighted by Crippen LogP contribution is -2.61. The van der Waals surface area contributed by atoms with E-state index in [1.165, 1.54) is 12.0 Å². The van der Waals surface area contributed by atoms with E-state index in [0.717, 1.165) is 18.4 Å². The van der Waals surface area contributed by atoms with Crippen LogP contribution in [0.25, 0.3) is 0 Å². The molecule has 0 aromatic heterocycles. The van der Waals surface area contributed by atoms with Crippen LogP contribution in [-0.4, -0.2) is 161 Å². The minimum absolute atomic E-state index is 0.00492. The highest BCUT2D eigenvalue weighted by Gasteiger charge is 2.53. The zero-order valence-electron chi connectivity index (χ0n) is 52.7. The molecule has 2 saturated carbocycles. The molecule has 478 valence electrons. The molecule has 0 aromatic carbocycles. The van der Waals surface area contributed by atoms with Crippen LogP contribution in [0.15, 0.2) is 47.6 Å². The Morgan fingerprint density at radius 1 is 0.729 bits per heavy atom. The van der Waals surface area contributed by atoms with Gasteiger partial charge in [0.2, 0.25) is 17.6 Å². The Morgan fingerprint density at radius 3 is 2.07 bits per heavy atom. The van der Waals surface area contributed by atoms with Crippen molar-refractivity contribution < 1.29 is 82.5 Å².